The van der Waals surface area contributed by atoms with Gasteiger partial charge in [0.2, 0.25) is 0 Å². The van der Waals surface area contributed by atoms with Gasteiger partial charge in [-0.2, -0.15) is 9.50 Å². The molecule has 0 fully saturated rings. The molecule has 112 valence electrons. The van der Waals surface area contributed by atoms with Crippen LogP contribution >= 0.6 is 0 Å². The van der Waals surface area contributed by atoms with Crippen molar-refractivity contribution in [3.05, 3.63) is 45.9 Å². The number of nitrogens with zero attached hydrogens (tertiary/aromatic N) is 3. The van der Waals surface area contributed by atoms with Crippen LogP contribution < -0.4 is 10.3 Å². The molecule has 0 saturated heterocycles. The van der Waals surface area contributed by atoms with Gasteiger partial charge in [0.15, 0.2) is 5.82 Å². The summed E-state index contributed by atoms with van der Waals surface area (Å²) in [7, 11) is 1.63. The number of aromatic amines is 1. The fourth-order valence-electron chi connectivity index (χ4n) is 2.92. The van der Waals surface area contributed by atoms with E-state index in [2.05, 4.69) is 15.1 Å². The van der Waals surface area contributed by atoms with Crippen LogP contribution in [0.5, 0.6) is 5.75 Å². The quantitative estimate of drug-likeness (QED) is 0.785. The minimum atomic E-state index is -0.0213. The van der Waals surface area contributed by atoms with Crippen LogP contribution in [0, 0.1) is 0 Å². The third kappa shape index (κ3) is 1.99. The number of fused-ring (bicyclic) bond motifs is 2. The maximum atomic E-state index is 12.5. The topological polar surface area (TPSA) is 72.3 Å². The number of hydrogen-bond donors (Lipinski definition) is 1. The van der Waals surface area contributed by atoms with Crippen LogP contribution in [0.2, 0.25) is 0 Å². The first kappa shape index (κ1) is 13.1. The molecular formula is C16H16N4O2. The van der Waals surface area contributed by atoms with E-state index in [-0.39, 0.29) is 5.56 Å². The highest BCUT2D eigenvalue weighted by molar-refractivity contribution is 5.58. The van der Waals surface area contributed by atoms with Crippen molar-refractivity contribution in [1.82, 2.24) is 19.6 Å². The predicted molar refractivity (Wildman–Crippen MR) is 82.2 cm³/mol. The first-order valence-corrected chi connectivity index (χ1v) is 7.41. The summed E-state index contributed by atoms with van der Waals surface area (Å²) in [4.78, 5) is 21.6. The Labute approximate surface area is 126 Å². The van der Waals surface area contributed by atoms with E-state index in [0.717, 1.165) is 48.3 Å². The van der Waals surface area contributed by atoms with Gasteiger partial charge in [-0.3, -0.25) is 9.89 Å². The molecule has 2 aromatic heterocycles. The highest BCUT2D eigenvalue weighted by atomic mass is 16.5. The van der Waals surface area contributed by atoms with E-state index in [9.17, 15) is 4.79 Å². The number of aryl methyl sites for hydroxylation is 1. The Hall–Kier alpha value is -2.63. The number of hydrogen-bond acceptors (Lipinski definition) is 4. The number of rotatable bonds is 2. The summed E-state index contributed by atoms with van der Waals surface area (Å²) in [5, 5.41) is 3.06. The van der Waals surface area contributed by atoms with Crippen LogP contribution in [-0.4, -0.2) is 26.7 Å². The van der Waals surface area contributed by atoms with E-state index in [1.54, 1.807) is 7.11 Å². The van der Waals surface area contributed by atoms with Crippen molar-refractivity contribution in [2.75, 3.05) is 7.11 Å². The monoisotopic (exact) mass is 296 g/mol. The highest BCUT2D eigenvalue weighted by Crippen LogP contribution is 2.21. The maximum Gasteiger partial charge on any atom is 0.277 e. The normalized spacial score (nSPS) is 14.0. The summed E-state index contributed by atoms with van der Waals surface area (Å²) in [5.41, 5.74) is 2.60. The Morgan fingerprint density at radius 2 is 1.91 bits per heavy atom. The number of methoxy groups -OCH3 is 1. The number of benzene rings is 1. The Bertz CT molecular complexity index is 893. The summed E-state index contributed by atoms with van der Waals surface area (Å²) in [5.74, 6) is 1.86. The van der Waals surface area contributed by atoms with E-state index in [0.29, 0.717) is 11.6 Å². The van der Waals surface area contributed by atoms with Gasteiger partial charge in [-0.15, -0.1) is 0 Å². The molecule has 4 rings (SSSR count). The lowest BCUT2D eigenvalue weighted by Gasteiger charge is -2.12. The highest BCUT2D eigenvalue weighted by Gasteiger charge is 2.18. The van der Waals surface area contributed by atoms with Crippen molar-refractivity contribution in [1.29, 1.82) is 0 Å². The van der Waals surface area contributed by atoms with Gasteiger partial charge < -0.3 is 4.74 Å². The first-order chi connectivity index (χ1) is 10.8. The molecule has 6 heteroatoms. The van der Waals surface area contributed by atoms with Crippen LogP contribution in [0.3, 0.4) is 0 Å². The molecule has 3 aromatic rings. The third-order valence-electron chi connectivity index (χ3n) is 4.13. The molecule has 0 spiro atoms. The van der Waals surface area contributed by atoms with Gasteiger partial charge in [0.25, 0.3) is 11.3 Å². The number of nitrogens with one attached hydrogen (secondary N) is 1. The molecule has 0 radical (unpaired) electrons. The lowest BCUT2D eigenvalue weighted by atomic mass is 9.97. The standard InChI is InChI=1S/C16H16N4O2/c1-22-11-8-6-10(7-9-11)14-18-16-17-13-5-3-2-4-12(13)15(21)20(16)19-14/h6-9H,2-5H2,1H3,(H,17,18,19). The van der Waals surface area contributed by atoms with Crippen LogP contribution in [0.25, 0.3) is 17.2 Å². The molecule has 1 aliphatic carbocycles. The average Bonchev–Trinajstić information content (AvgIpc) is 2.99. The van der Waals surface area contributed by atoms with Crippen molar-refractivity contribution in [2.45, 2.75) is 25.7 Å². The fourth-order valence-corrected chi connectivity index (χ4v) is 2.92. The van der Waals surface area contributed by atoms with Gasteiger partial charge in [-0.1, -0.05) is 0 Å². The molecule has 0 saturated carbocycles. The lowest BCUT2D eigenvalue weighted by Crippen LogP contribution is -2.25. The second-order valence-corrected chi connectivity index (χ2v) is 5.49. The zero-order valence-corrected chi connectivity index (χ0v) is 12.3. The molecule has 6 nitrogen and oxygen atoms in total. The Morgan fingerprint density at radius 1 is 1.14 bits per heavy atom. The molecule has 1 N–H and O–H groups in total. The van der Waals surface area contributed by atoms with E-state index in [4.69, 9.17) is 4.74 Å². The Morgan fingerprint density at radius 3 is 2.68 bits per heavy atom. The zero-order valence-electron chi connectivity index (χ0n) is 12.3. The van der Waals surface area contributed by atoms with Gasteiger partial charge in [-0.05, 0) is 49.9 Å². The summed E-state index contributed by atoms with van der Waals surface area (Å²) in [6.45, 7) is 0. The largest absolute Gasteiger partial charge is 0.497 e. The number of aromatic nitrogens is 4. The second-order valence-electron chi connectivity index (χ2n) is 5.49. The van der Waals surface area contributed by atoms with Crippen LogP contribution in [0.1, 0.15) is 24.1 Å². The maximum absolute atomic E-state index is 12.5. The summed E-state index contributed by atoms with van der Waals surface area (Å²) < 4.78 is 6.60. The summed E-state index contributed by atoms with van der Waals surface area (Å²) in [6.07, 6.45) is 3.81. The molecule has 1 aliphatic rings. The van der Waals surface area contributed by atoms with Crippen molar-refractivity contribution in [3.63, 3.8) is 0 Å². The van der Waals surface area contributed by atoms with Crippen LogP contribution in [0.4, 0.5) is 0 Å². The molecule has 0 bridgehead atoms. The van der Waals surface area contributed by atoms with E-state index in [1.807, 2.05) is 24.3 Å². The fraction of sp³-hybridized carbons (Fsp3) is 0.312. The van der Waals surface area contributed by atoms with Gasteiger partial charge in [0, 0.05) is 11.1 Å². The van der Waals surface area contributed by atoms with Crippen molar-refractivity contribution >= 4 is 5.78 Å². The SMILES string of the molecule is COc1ccc(-c2nc3nc4c(c(=O)n3[nH]2)CCCC4)cc1. The van der Waals surface area contributed by atoms with Crippen molar-refractivity contribution in [3.8, 4) is 17.1 Å². The average molecular weight is 296 g/mol. The van der Waals surface area contributed by atoms with Crippen molar-refractivity contribution in [2.24, 2.45) is 0 Å². The minimum absolute atomic E-state index is 0.0213. The molecule has 0 atom stereocenters. The van der Waals surface area contributed by atoms with E-state index >= 15 is 0 Å². The molecule has 0 unspecified atom stereocenters. The van der Waals surface area contributed by atoms with Crippen molar-refractivity contribution < 1.29 is 4.74 Å². The Kier molecular flexibility index (Phi) is 2.96. The van der Waals surface area contributed by atoms with Gasteiger partial charge in [0.1, 0.15) is 5.75 Å². The second kappa shape index (κ2) is 4.98. The Balaban J connectivity index is 1.86. The molecule has 0 amide bonds. The van der Waals surface area contributed by atoms with Crippen LogP contribution in [0.15, 0.2) is 29.1 Å². The smallest absolute Gasteiger partial charge is 0.277 e. The molecule has 2 heterocycles. The third-order valence-corrected chi connectivity index (χ3v) is 4.13. The molecule has 22 heavy (non-hydrogen) atoms. The predicted octanol–water partition coefficient (Wildman–Crippen LogP) is 1.97. The molecule has 0 aliphatic heterocycles. The van der Waals surface area contributed by atoms with Crippen LogP contribution in [-0.2, 0) is 12.8 Å². The first-order valence-electron chi connectivity index (χ1n) is 7.41. The lowest BCUT2D eigenvalue weighted by molar-refractivity contribution is 0.415. The zero-order chi connectivity index (χ0) is 15.1. The summed E-state index contributed by atoms with van der Waals surface area (Å²) in [6, 6.07) is 7.54. The summed E-state index contributed by atoms with van der Waals surface area (Å²) >= 11 is 0. The molecule has 1 aromatic carbocycles. The number of ether oxygens (including phenoxy) is 1. The van der Waals surface area contributed by atoms with E-state index in [1.165, 1.54) is 4.52 Å². The number of H-pyrrole nitrogens is 1. The van der Waals surface area contributed by atoms with E-state index < -0.39 is 0 Å². The van der Waals surface area contributed by atoms with Gasteiger partial charge in [0.05, 0.1) is 12.8 Å². The van der Waals surface area contributed by atoms with Gasteiger partial charge >= 0.3 is 0 Å². The minimum Gasteiger partial charge on any atom is -0.497 e. The van der Waals surface area contributed by atoms with Gasteiger partial charge in [-0.25, -0.2) is 4.98 Å². The molecular weight excluding hydrogens is 280 g/mol.